The molecule has 2 heterocycles. The number of rotatable bonds is 4. The summed E-state index contributed by atoms with van der Waals surface area (Å²) in [6.45, 7) is 10.5. The van der Waals surface area contributed by atoms with Gasteiger partial charge in [0, 0.05) is 18.1 Å². The summed E-state index contributed by atoms with van der Waals surface area (Å²) in [7, 11) is 0. The molecule has 2 rings (SSSR count). The molecule has 112 valence electrons. The van der Waals surface area contributed by atoms with E-state index in [0.717, 1.165) is 12.6 Å². The fraction of sp³-hybridized carbons (Fsp3) is 1.00. The molecule has 0 aromatic carbocycles. The van der Waals surface area contributed by atoms with Crippen molar-refractivity contribution in [3.05, 3.63) is 0 Å². The lowest BCUT2D eigenvalue weighted by Gasteiger charge is -2.49. The van der Waals surface area contributed by atoms with Crippen LogP contribution in [0.4, 0.5) is 0 Å². The van der Waals surface area contributed by atoms with Gasteiger partial charge in [-0.2, -0.15) is 0 Å². The fourth-order valence-electron chi connectivity index (χ4n) is 4.21. The van der Waals surface area contributed by atoms with E-state index >= 15 is 0 Å². The van der Waals surface area contributed by atoms with Gasteiger partial charge in [0.15, 0.2) is 0 Å². The van der Waals surface area contributed by atoms with Gasteiger partial charge in [-0.15, -0.1) is 0 Å². The summed E-state index contributed by atoms with van der Waals surface area (Å²) in [6, 6.07) is 0.783. The van der Waals surface area contributed by atoms with Crippen molar-refractivity contribution in [3.63, 3.8) is 0 Å². The molecule has 0 spiro atoms. The Balaban J connectivity index is 2.11. The maximum Gasteiger partial charge on any atom is 0.0347 e. The molecule has 0 aliphatic carbocycles. The van der Waals surface area contributed by atoms with Gasteiger partial charge in [-0.3, -0.25) is 4.90 Å². The third-order valence-electron chi connectivity index (χ3n) is 5.54. The molecule has 2 unspecified atom stereocenters. The molecule has 2 atom stereocenters. The minimum atomic E-state index is 0.297. The molecule has 0 aromatic heterocycles. The second-order valence-corrected chi connectivity index (χ2v) is 6.47. The fourth-order valence-corrected chi connectivity index (χ4v) is 4.21. The number of nitrogens with zero attached hydrogens (tertiary/aromatic N) is 2. The van der Waals surface area contributed by atoms with Gasteiger partial charge in [0.1, 0.15) is 0 Å². The number of likely N-dealkylation sites (tertiary alicyclic amines) is 2. The summed E-state index contributed by atoms with van der Waals surface area (Å²) in [5.41, 5.74) is 6.58. The molecule has 2 fully saturated rings. The highest BCUT2D eigenvalue weighted by Crippen LogP contribution is 2.34. The maximum absolute atomic E-state index is 6.28. The Morgan fingerprint density at radius 3 is 2.58 bits per heavy atom. The first-order valence-corrected chi connectivity index (χ1v) is 8.45. The number of piperidine rings is 1. The van der Waals surface area contributed by atoms with Crippen LogP contribution in [0.25, 0.3) is 0 Å². The van der Waals surface area contributed by atoms with Gasteiger partial charge in [0.05, 0.1) is 0 Å². The SMILES string of the molecule is CCC1CCCCN1C1(CN)CCCN(CC)CC1. The highest BCUT2D eigenvalue weighted by atomic mass is 15.3. The minimum absolute atomic E-state index is 0.297. The Kier molecular flexibility index (Phi) is 5.67. The van der Waals surface area contributed by atoms with Gasteiger partial charge in [-0.1, -0.05) is 20.3 Å². The second-order valence-electron chi connectivity index (χ2n) is 6.47. The highest BCUT2D eigenvalue weighted by Gasteiger charge is 2.40. The molecule has 0 radical (unpaired) electrons. The van der Waals surface area contributed by atoms with Crippen molar-refractivity contribution in [2.24, 2.45) is 5.73 Å². The summed E-state index contributed by atoms with van der Waals surface area (Å²) in [5, 5.41) is 0. The van der Waals surface area contributed by atoms with Gasteiger partial charge in [0.2, 0.25) is 0 Å². The standard InChI is InChI=1S/C16H33N3/c1-3-15-8-5-6-12-19(15)16(14-17)9-7-11-18(4-2)13-10-16/h15H,3-14,17H2,1-2H3. The lowest BCUT2D eigenvalue weighted by atomic mass is 9.84. The average molecular weight is 267 g/mol. The molecule has 19 heavy (non-hydrogen) atoms. The van der Waals surface area contributed by atoms with E-state index in [1.807, 2.05) is 0 Å². The van der Waals surface area contributed by atoms with Crippen molar-refractivity contribution >= 4 is 0 Å². The summed E-state index contributed by atoms with van der Waals surface area (Å²) >= 11 is 0. The monoisotopic (exact) mass is 267 g/mol. The zero-order valence-corrected chi connectivity index (χ0v) is 13.0. The van der Waals surface area contributed by atoms with Gasteiger partial charge in [0.25, 0.3) is 0 Å². The smallest absolute Gasteiger partial charge is 0.0347 e. The van der Waals surface area contributed by atoms with Gasteiger partial charge >= 0.3 is 0 Å². The van der Waals surface area contributed by atoms with Crippen LogP contribution in [0.5, 0.6) is 0 Å². The molecule has 3 nitrogen and oxygen atoms in total. The van der Waals surface area contributed by atoms with Crippen LogP contribution >= 0.6 is 0 Å². The summed E-state index contributed by atoms with van der Waals surface area (Å²) in [5.74, 6) is 0. The van der Waals surface area contributed by atoms with Gasteiger partial charge in [-0.05, 0) is 64.7 Å². The van der Waals surface area contributed by atoms with E-state index in [4.69, 9.17) is 5.73 Å². The van der Waals surface area contributed by atoms with E-state index in [1.54, 1.807) is 0 Å². The number of nitrogens with two attached hydrogens (primary N) is 1. The third kappa shape index (κ3) is 3.32. The van der Waals surface area contributed by atoms with E-state index < -0.39 is 0 Å². The van der Waals surface area contributed by atoms with Crippen LogP contribution in [0.15, 0.2) is 0 Å². The van der Waals surface area contributed by atoms with Crippen molar-refractivity contribution in [2.75, 3.05) is 32.7 Å². The Morgan fingerprint density at radius 2 is 1.89 bits per heavy atom. The van der Waals surface area contributed by atoms with Crippen LogP contribution in [-0.4, -0.2) is 54.1 Å². The van der Waals surface area contributed by atoms with Crippen LogP contribution in [0, 0.1) is 0 Å². The molecule has 0 aromatic rings. The van der Waals surface area contributed by atoms with Crippen LogP contribution in [0.3, 0.4) is 0 Å². The average Bonchev–Trinajstić information content (AvgIpc) is 2.70. The van der Waals surface area contributed by atoms with E-state index in [0.29, 0.717) is 5.54 Å². The van der Waals surface area contributed by atoms with E-state index in [-0.39, 0.29) is 0 Å². The number of hydrogen-bond acceptors (Lipinski definition) is 3. The molecule has 2 saturated heterocycles. The van der Waals surface area contributed by atoms with Crippen molar-refractivity contribution in [1.29, 1.82) is 0 Å². The third-order valence-corrected chi connectivity index (χ3v) is 5.54. The molecule has 2 N–H and O–H groups in total. The first-order chi connectivity index (χ1) is 9.25. The van der Waals surface area contributed by atoms with Crippen LogP contribution in [0.2, 0.25) is 0 Å². The Labute approximate surface area is 119 Å². The van der Waals surface area contributed by atoms with Crippen molar-refractivity contribution in [2.45, 2.75) is 70.4 Å². The lowest BCUT2D eigenvalue weighted by Crippen LogP contribution is -2.59. The van der Waals surface area contributed by atoms with Crippen molar-refractivity contribution in [1.82, 2.24) is 9.80 Å². The van der Waals surface area contributed by atoms with E-state index in [1.165, 1.54) is 71.1 Å². The molecule has 0 saturated carbocycles. The maximum atomic E-state index is 6.28. The summed E-state index contributed by atoms with van der Waals surface area (Å²) in [6.07, 6.45) is 9.35. The molecule has 0 bridgehead atoms. The zero-order valence-electron chi connectivity index (χ0n) is 13.0. The quantitative estimate of drug-likeness (QED) is 0.849. The molecule has 0 amide bonds. The lowest BCUT2D eigenvalue weighted by molar-refractivity contribution is 0.0100. The largest absolute Gasteiger partial charge is 0.329 e. The van der Waals surface area contributed by atoms with Crippen LogP contribution < -0.4 is 5.73 Å². The predicted octanol–water partition coefficient (Wildman–Crippen LogP) is 2.45. The Morgan fingerprint density at radius 1 is 1.05 bits per heavy atom. The second kappa shape index (κ2) is 7.05. The first-order valence-electron chi connectivity index (χ1n) is 8.45. The molecule has 2 aliphatic heterocycles. The predicted molar refractivity (Wildman–Crippen MR) is 82.4 cm³/mol. The van der Waals surface area contributed by atoms with Gasteiger partial charge in [-0.25, -0.2) is 0 Å². The number of hydrogen-bond donors (Lipinski definition) is 1. The molecule has 3 heteroatoms. The zero-order chi connectivity index (χ0) is 13.7. The van der Waals surface area contributed by atoms with Gasteiger partial charge < -0.3 is 10.6 Å². The molecular weight excluding hydrogens is 234 g/mol. The Hall–Kier alpha value is -0.120. The van der Waals surface area contributed by atoms with Crippen LogP contribution in [0.1, 0.15) is 58.8 Å². The van der Waals surface area contributed by atoms with E-state index in [9.17, 15) is 0 Å². The topological polar surface area (TPSA) is 32.5 Å². The normalized spacial score (nSPS) is 35.2. The summed E-state index contributed by atoms with van der Waals surface area (Å²) in [4.78, 5) is 5.41. The highest BCUT2D eigenvalue weighted by molar-refractivity contribution is 4.98. The Bertz CT molecular complexity index is 269. The van der Waals surface area contributed by atoms with Crippen molar-refractivity contribution < 1.29 is 0 Å². The molecule has 2 aliphatic rings. The summed E-state index contributed by atoms with van der Waals surface area (Å²) < 4.78 is 0. The van der Waals surface area contributed by atoms with E-state index in [2.05, 4.69) is 23.6 Å². The minimum Gasteiger partial charge on any atom is -0.329 e. The van der Waals surface area contributed by atoms with Crippen LogP contribution in [-0.2, 0) is 0 Å². The van der Waals surface area contributed by atoms with Crippen molar-refractivity contribution in [3.8, 4) is 0 Å². The first kappa shape index (κ1) is 15.3. The molecular formula is C16H33N3.